The fourth-order valence-corrected chi connectivity index (χ4v) is 10.0. The Bertz CT molecular complexity index is 2630. The van der Waals surface area contributed by atoms with Gasteiger partial charge < -0.3 is 9.47 Å². The van der Waals surface area contributed by atoms with Gasteiger partial charge in [-0.15, -0.1) is 0 Å². The number of hydrogen-bond donors (Lipinski definition) is 0. The third-order valence-electron chi connectivity index (χ3n) is 12.4. The van der Waals surface area contributed by atoms with E-state index in [1.54, 1.807) is 0 Å². The van der Waals surface area contributed by atoms with Crippen molar-refractivity contribution < 1.29 is 19.1 Å². The van der Waals surface area contributed by atoms with Crippen LogP contribution < -0.4 is 9.47 Å². The third kappa shape index (κ3) is 5.83. The highest BCUT2D eigenvalue weighted by molar-refractivity contribution is 6.04. The van der Waals surface area contributed by atoms with E-state index in [4.69, 9.17) is 9.47 Å². The van der Waals surface area contributed by atoms with Crippen molar-refractivity contribution in [1.82, 2.24) is 0 Å². The number of ether oxygens (including phenoxy) is 2. The Hall–Kier alpha value is -6.78. The summed E-state index contributed by atoms with van der Waals surface area (Å²) in [5, 5.41) is 4.73. The topological polar surface area (TPSA) is 52.6 Å². The van der Waals surface area contributed by atoms with Crippen LogP contribution >= 0.6 is 0 Å². The highest BCUT2D eigenvalue weighted by Gasteiger charge is 2.53. The van der Waals surface area contributed by atoms with Crippen molar-refractivity contribution in [3.63, 3.8) is 0 Å². The van der Waals surface area contributed by atoms with Crippen molar-refractivity contribution in [3.05, 3.63) is 204 Å². The predicted octanol–water partition coefficient (Wildman–Crippen LogP) is 12.4. The first-order valence-electron chi connectivity index (χ1n) is 19.8. The summed E-state index contributed by atoms with van der Waals surface area (Å²) < 4.78 is 11.9. The maximum absolute atomic E-state index is 13.9. The zero-order valence-electron chi connectivity index (χ0n) is 31.5. The molecule has 4 heteroatoms. The maximum Gasteiger partial charge on any atom is 0.311 e. The van der Waals surface area contributed by atoms with E-state index in [-0.39, 0.29) is 24.8 Å². The van der Waals surface area contributed by atoms with Gasteiger partial charge in [0.2, 0.25) is 0 Å². The lowest BCUT2D eigenvalue weighted by molar-refractivity contribution is -0.135. The lowest BCUT2D eigenvalue weighted by atomic mass is 9.59. The quantitative estimate of drug-likeness (QED) is 0.103. The third-order valence-corrected chi connectivity index (χ3v) is 12.4. The van der Waals surface area contributed by atoms with Gasteiger partial charge in [-0.25, -0.2) is 0 Å². The second kappa shape index (κ2) is 14.1. The van der Waals surface area contributed by atoms with E-state index in [9.17, 15) is 9.59 Å². The van der Waals surface area contributed by atoms with Crippen molar-refractivity contribution in [2.24, 2.45) is 0 Å². The van der Waals surface area contributed by atoms with Crippen molar-refractivity contribution in [2.45, 2.75) is 42.9 Å². The van der Waals surface area contributed by atoms with Gasteiger partial charge in [-0.3, -0.25) is 9.59 Å². The van der Waals surface area contributed by atoms with Crippen LogP contribution in [0.5, 0.6) is 11.5 Å². The molecule has 2 aliphatic carbocycles. The molecule has 0 N–H and O–H groups in total. The van der Waals surface area contributed by atoms with Crippen LogP contribution in [-0.2, 0) is 20.4 Å². The van der Waals surface area contributed by atoms with Crippen molar-refractivity contribution in [3.8, 4) is 33.8 Å². The van der Waals surface area contributed by atoms with E-state index in [2.05, 4.69) is 121 Å². The Morgan fingerprint density at radius 3 is 1.23 bits per heavy atom. The summed E-state index contributed by atoms with van der Waals surface area (Å²) >= 11 is 0. The van der Waals surface area contributed by atoms with Crippen LogP contribution in [0.25, 0.3) is 43.8 Å². The Labute approximate surface area is 332 Å². The van der Waals surface area contributed by atoms with Crippen LogP contribution in [0.1, 0.15) is 54.4 Å². The van der Waals surface area contributed by atoms with Crippen LogP contribution in [0, 0.1) is 0 Å². The van der Waals surface area contributed by atoms with Crippen LogP contribution in [0.3, 0.4) is 0 Å². The lowest BCUT2D eigenvalue weighted by Gasteiger charge is -2.43. The van der Waals surface area contributed by atoms with Crippen molar-refractivity contribution in [1.29, 1.82) is 0 Å². The zero-order valence-corrected chi connectivity index (χ0v) is 31.5. The molecule has 2 aliphatic rings. The highest BCUT2D eigenvalue weighted by atomic mass is 16.5. The lowest BCUT2D eigenvalue weighted by Crippen LogP contribution is -2.39. The number of rotatable bonds is 10. The van der Waals surface area contributed by atoms with Gasteiger partial charge in [-0.05, 0) is 110 Å². The normalized spacial score (nSPS) is 17.4. The minimum absolute atomic E-state index is 0.202. The molecule has 0 saturated carbocycles. The van der Waals surface area contributed by atoms with Crippen LogP contribution in [0.2, 0.25) is 0 Å². The molecule has 0 fully saturated rings. The SMILES string of the molecule is O=C(CCC1(CC2(CCC(=O)Oc3ccccc3)c3ccccc3-c3c2ccc2ccccc32)c2ccccc2-c2c1ccc1ccccc21)Oc1ccccc1. The Morgan fingerprint density at radius 2 is 0.772 bits per heavy atom. The van der Waals surface area contributed by atoms with Gasteiger partial charge in [0.15, 0.2) is 0 Å². The standard InChI is InChI=1S/C53H40O4/c54-48(56-38-17-3-1-4-18-38)31-33-52(44-25-13-11-23-42(44)50-40-21-9-7-15-36(40)27-29-46(50)52)35-53(34-32-49(55)57-39-19-5-2-6-20-39)45-26-14-12-24-43(45)51-41-22-10-8-16-37(41)28-30-47(51)53/h1-30H,31-35H2. The largest absolute Gasteiger partial charge is 0.427 e. The molecule has 10 rings (SSSR count). The maximum atomic E-state index is 13.9. The molecular weight excluding hydrogens is 701 g/mol. The fraction of sp³-hybridized carbons (Fsp3) is 0.132. The van der Waals surface area contributed by atoms with Gasteiger partial charge in [0.25, 0.3) is 0 Å². The van der Waals surface area contributed by atoms with E-state index in [1.165, 1.54) is 66.1 Å². The molecule has 0 aliphatic heterocycles. The first kappa shape index (κ1) is 34.7. The van der Waals surface area contributed by atoms with Gasteiger partial charge >= 0.3 is 11.9 Å². The van der Waals surface area contributed by atoms with E-state index in [1.807, 2.05) is 60.7 Å². The van der Waals surface area contributed by atoms with E-state index >= 15 is 0 Å². The molecule has 8 aromatic carbocycles. The predicted molar refractivity (Wildman–Crippen MR) is 228 cm³/mol. The number of carbonyl (C=O) groups excluding carboxylic acids is 2. The summed E-state index contributed by atoms with van der Waals surface area (Å²) in [5.41, 5.74) is 8.33. The summed E-state index contributed by atoms with van der Waals surface area (Å²) in [4.78, 5) is 27.8. The number of hydrogen-bond acceptors (Lipinski definition) is 4. The molecule has 276 valence electrons. The molecular formula is C53H40O4. The van der Waals surface area contributed by atoms with Crippen LogP contribution in [0.4, 0.5) is 0 Å². The molecule has 57 heavy (non-hydrogen) atoms. The molecule has 0 radical (unpaired) electrons. The Morgan fingerprint density at radius 1 is 0.386 bits per heavy atom. The average molecular weight is 741 g/mol. The zero-order chi connectivity index (χ0) is 38.4. The summed E-state index contributed by atoms with van der Waals surface area (Å²) in [6, 6.07) is 62.3. The smallest absolute Gasteiger partial charge is 0.311 e. The number of para-hydroxylation sites is 2. The van der Waals surface area contributed by atoms with Crippen molar-refractivity contribution in [2.75, 3.05) is 0 Å². The monoisotopic (exact) mass is 740 g/mol. The van der Waals surface area contributed by atoms with Crippen molar-refractivity contribution >= 4 is 33.5 Å². The number of carbonyl (C=O) groups is 2. The summed E-state index contributed by atoms with van der Waals surface area (Å²) in [5.74, 6) is 0.527. The molecule has 0 heterocycles. The van der Waals surface area contributed by atoms with Gasteiger partial charge in [0.05, 0.1) is 0 Å². The van der Waals surface area contributed by atoms with Gasteiger partial charge in [-0.2, -0.15) is 0 Å². The van der Waals surface area contributed by atoms with Crippen LogP contribution in [0.15, 0.2) is 182 Å². The molecule has 0 aromatic heterocycles. The van der Waals surface area contributed by atoms with Gasteiger partial charge in [0, 0.05) is 23.7 Å². The molecule has 0 spiro atoms. The minimum Gasteiger partial charge on any atom is -0.427 e. The van der Waals surface area contributed by atoms with E-state index in [0.29, 0.717) is 30.8 Å². The second-order valence-electron chi connectivity index (χ2n) is 15.4. The van der Waals surface area contributed by atoms with Gasteiger partial charge in [0.1, 0.15) is 11.5 Å². The molecule has 8 aromatic rings. The summed E-state index contributed by atoms with van der Waals surface area (Å²) in [6.07, 6.45) is 2.06. The fourth-order valence-electron chi connectivity index (χ4n) is 10.0. The highest BCUT2D eigenvalue weighted by Crippen LogP contribution is 2.63. The molecule has 2 atom stereocenters. The van der Waals surface area contributed by atoms with Gasteiger partial charge in [-0.1, -0.05) is 158 Å². The minimum atomic E-state index is -0.630. The number of fused-ring (bicyclic) bond motifs is 10. The second-order valence-corrected chi connectivity index (χ2v) is 15.4. The Kier molecular flexibility index (Phi) is 8.56. The molecule has 2 unspecified atom stereocenters. The summed E-state index contributed by atoms with van der Waals surface area (Å²) in [7, 11) is 0. The molecule has 0 saturated heterocycles. The molecule has 0 bridgehead atoms. The first-order valence-corrected chi connectivity index (χ1v) is 19.8. The number of benzene rings is 8. The first-order chi connectivity index (χ1) is 28.0. The van der Waals surface area contributed by atoms with E-state index in [0.717, 1.165) is 0 Å². The van der Waals surface area contributed by atoms with E-state index < -0.39 is 10.8 Å². The molecule has 4 nitrogen and oxygen atoms in total. The van der Waals surface area contributed by atoms with Crippen LogP contribution in [-0.4, -0.2) is 11.9 Å². The Balaban J connectivity index is 1.19. The average Bonchev–Trinajstić information content (AvgIpc) is 3.70. The summed E-state index contributed by atoms with van der Waals surface area (Å²) in [6.45, 7) is 0. The molecule has 0 amide bonds. The number of esters is 2.